The average molecular weight is 567 g/mol. The van der Waals surface area contributed by atoms with Crippen LogP contribution in [0.4, 0.5) is 0 Å². The van der Waals surface area contributed by atoms with E-state index in [0.717, 1.165) is 59.7 Å². The molecule has 10 rings (SSSR count). The Morgan fingerprint density at radius 2 is 1.23 bits per heavy atom. The largest absolute Gasteiger partial charge is 0.454 e. The van der Waals surface area contributed by atoms with Gasteiger partial charge in [0.1, 0.15) is 11.1 Å². The molecule has 0 aliphatic carbocycles. The van der Waals surface area contributed by atoms with Gasteiger partial charge in [0, 0.05) is 37.9 Å². The van der Waals surface area contributed by atoms with Gasteiger partial charge in [0.15, 0.2) is 5.58 Å². The maximum atomic E-state index is 8.87. The molecule has 3 aromatic heterocycles. The Morgan fingerprint density at radius 3 is 2.07 bits per heavy atom. The van der Waals surface area contributed by atoms with E-state index in [1.807, 2.05) is 71.3 Å². The third-order valence-corrected chi connectivity index (χ3v) is 8.66. The lowest BCUT2D eigenvalue weighted by molar-refractivity contribution is 0.671. The van der Waals surface area contributed by atoms with Crippen LogP contribution < -0.4 is 0 Å². The summed E-state index contributed by atoms with van der Waals surface area (Å²) in [5.74, 6) is 0.300. The summed E-state index contributed by atoms with van der Waals surface area (Å²) in [6.07, 6.45) is 0. The molecule has 0 amide bonds. The van der Waals surface area contributed by atoms with Gasteiger partial charge in [-0.15, -0.1) is 0 Å². The molecule has 0 N–H and O–H groups in total. The monoisotopic (exact) mass is 566 g/mol. The van der Waals surface area contributed by atoms with Crippen LogP contribution in [0.25, 0.3) is 93.4 Å². The van der Waals surface area contributed by atoms with Crippen molar-refractivity contribution in [1.29, 1.82) is 0 Å². The van der Waals surface area contributed by atoms with Crippen molar-refractivity contribution in [3.8, 4) is 17.2 Å². The molecule has 0 spiro atoms. The van der Waals surface area contributed by atoms with Crippen LogP contribution in [-0.2, 0) is 0 Å². The van der Waals surface area contributed by atoms with Gasteiger partial charge in [0.2, 0.25) is 5.95 Å². The SMILES string of the molecule is [2H]c1c([2H])c([2H])c(-c2nc(-n3c4c5ccccc5ccc4c4c5ccccc5c5c6ccccc6oc5c43)nc3ccccc23)c([2H])c1[2H]. The van der Waals surface area contributed by atoms with E-state index in [1.54, 1.807) is 0 Å². The number of benzene rings is 7. The molecule has 0 fully saturated rings. The van der Waals surface area contributed by atoms with Crippen molar-refractivity contribution in [2.24, 2.45) is 0 Å². The lowest BCUT2D eigenvalue weighted by Crippen LogP contribution is -2.04. The van der Waals surface area contributed by atoms with E-state index in [2.05, 4.69) is 42.5 Å². The Hall–Kier alpha value is -6.00. The molecule has 0 unspecified atom stereocenters. The number of hydrogen-bond donors (Lipinski definition) is 0. The molecule has 7 aromatic carbocycles. The van der Waals surface area contributed by atoms with Crippen LogP contribution in [0.3, 0.4) is 0 Å². The van der Waals surface area contributed by atoms with Crippen molar-refractivity contribution in [2.45, 2.75) is 0 Å². The van der Waals surface area contributed by atoms with Gasteiger partial charge in [-0.05, 0) is 28.3 Å². The Labute approximate surface area is 258 Å². The second-order valence-electron chi connectivity index (χ2n) is 11.0. The lowest BCUT2D eigenvalue weighted by atomic mass is 9.98. The number of rotatable bonds is 2. The van der Waals surface area contributed by atoms with Gasteiger partial charge in [0.05, 0.1) is 23.6 Å². The second kappa shape index (κ2) is 8.76. The Kier molecular flexibility index (Phi) is 3.83. The van der Waals surface area contributed by atoms with Crippen LogP contribution in [-0.4, -0.2) is 14.5 Å². The quantitative estimate of drug-likeness (QED) is 0.209. The molecule has 204 valence electrons. The first-order valence-electron chi connectivity index (χ1n) is 16.9. The Bertz CT molecular complexity index is 3040. The first-order valence-corrected chi connectivity index (χ1v) is 14.4. The smallest absolute Gasteiger partial charge is 0.235 e. The van der Waals surface area contributed by atoms with Crippen LogP contribution in [0.2, 0.25) is 0 Å². The van der Waals surface area contributed by atoms with Crippen molar-refractivity contribution in [3.63, 3.8) is 0 Å². The standard InChI is InChI=1S/C40H23N3O/c1-2-13-25(14-3-1)36-29-18-8-10-20-32(29)41-40(42-36)43-37-26-15-5-4-12-24(26)22-23-31(37)34-27-16-6-7-17-28(27)35-30-19-9-11-21-33(30)44-39(35)38(34)43/h1-23H/i1D,2D,3D,13D,14D. The molecule has 0 aliphatic rings. The Balaban J connectivity index is 1.48. The van der Waals surface area contributed by atoms with Gasteiger partial charge in [0.25, 0.3) is 0 Å². The molecular weight excluding hydrogens is 538 g/mol. The highest BCUT2D eigenvalue weighted by Gasteiger charge is 2.25. The molecule has 0 bridgehead atoms. The third kappa shape index (κ3) is 3.11. The molecular formula is C40H23N3O. The molecule has 4 heteroatoms. The fourth-order valence-corrected chi connectivity index (χ4v) is 6.86. The Morgan fingerprint density at radius 1 is 0.545 bits per heavy atom. The summed E-state index contributed by atoms with van der Waals surface area (Å²) in [7, 11) is 0. The van der Waals surface area contributed by atoms with E-state index in [0.29, 0.717) is 22.4 Å². The predicted octanol–water partition coefficient (Wildman–Crippen LogP) is 10.6. The van der Waals surface area contributed by atoms with E-state index in [4.69, 9.17) is 21.2 Å². The van der Waals surface area contributed by atoms with Crippen LogP contribution in [0.15, 0.2) is 144 Å². The van der Waals surface area contributed by atoms with Crippen LogP contribution >= 0.6 is 0 Å². The van der Waals surface area contributed by atoms with E-state index >= 15 is 0 Å². The molecule has 4 nitrogen and oxygen atoms in total. The average Bonchev–Trinajstić information content (AvgIpc) is 3.70. The van der Waals surface area contributed by atoms with E-state index in [-0.39, 0.29) is 23.3 Å². The molecule has 0 radical (unpaired) electrons. The van der Waals surface area contributed by atoms with Gasteiger partial charge >= 0.3 is 0 Å². The third-order valence-electron chi connectivity index (χ3n) is 8.66. The fraction of sp³-hybridized carbons (Fsp3) is 0. The van der Waals surface area contributed by atoms with Crippen LogP contribution in [0.1, 0.15) is 6.85 Å². The van der Waals surface area contributed by atoms with Gasteiger partial charge in [-0.25, -0.2) is 9.97 Å². The highest BCUT2D eigenvalue weighted by atomic mass is 16.3. The number of fused-ring (bicyclic) bond motifs is 13. The maximum Gasteiger partial charge on any atom is 0.235 e. The number of aromatic nitrogens is 3. The number of para-hydroxylation sites is 2. The first-order chi connectivity index (χ1) is 23.9. The van der Waals surface area contributed by atoms with Crippen molar-refractivity contribution >= 4 is 76.2 Å². The number of hydrogen-bond acceptors (Lipinski definition) is 3. The van der Waals surface area contributed by atoms with Gasteiger partial charge in [-0.3, -0.25) is 4.57 Å². The minimum atomic E-state index is -0.453. The minimum absolute atomic E-state index is 0.0239. The predicted molar refractivity (Wildman–Crippen MR) is 182 cm³/mol. The molecule has 0 saturated heterocycles. The first kappa shape index (κ1) is 19.2. The van der Waals surface area contributed by atoms with E-state index in [9.17, 15) is 0 Å². The summed E-state index contributed by atoms with van der Waals surface area (Å²) in [6, 6.07) is 34.3. The molecule has 0 atom stereocenters. The molecule has 44 heavy (non-hydrogen) atoms. The van der Waals surface area contributed by atoms with Gasteiger partial charge in [-0.1, -0.05) is 127 Å². The molecule has 0 aliphatic heterocycles. The van der Waals surface area contributed by atoms with Crippen molar-refractivity contribution < 1.29 is 11.3 Å². The zero-order chi connectivity index (χ0) is 33.1. The zero-order valence-electron chi connectivity index (χ0n) is 28.1. The summed E-state index contributed by atoms with van der Waals surface area (Å²) in [5.41, 5.74) is 3.98. The summed E-state index contributed by atoms with van der Waals surface area (Å²) in [6.45, 7) is 0. The van der Waals surface area contributed by atoms with Gasteiger partial charge in [-0.2, -0.15) is 0 Å². The molecule has 10 aromatic rings. The number of nitrogens with zero attached hydrogens (tertiary/aromatic N) is 3. The van der Waals surface area contributed by atoms with Gasteiger partial charge < -0.3 is 4.42 Å². The number of furan rings is 1. The summed E-state index contributed by atoms with van der Waals surface area (Å²) in [4.78, 5) is 10.3. The topological polar surface area (TPSA) is 43.9 Å². The summed E-state index contributed by atoms with van der Waals surface area (Å²) < 4.78 is 51.6. The summed E-state index contributed by atoms with van der Waals surface area (Å²) in [5, 5.41) is 8.70. The van der Waals surface area contributed by atoms with E-state index < -0.39 is 18.1 Å². The lowest BCUT2D eigenvalue weighted by Gasteiger charge is -2.13. The fourth-order valence-electron chi connectivity index (χ4n) is 6.86. The van der Waals surface area contributed by atoms with Crippen molar-refractivity contribution in [2.75, 3.05) is 0 Å². The summed E-state index contributed by atoms with van der Waals surface area (Å²) >= 11 is 0. The van der Waals surface area contributed by atoms with Crippen LogP contribution in [0, 0.1) is 0 Å². The van der Waals surface area contributed by atoms with Crippen molar-refractivity contribution in [3.05, 3.63) is 139 Å². The normalized spacial score (nSPS) is 13.7. The minimum Gasteiger partial charge on any atom is -0.454 e. The molecule has 3 heterocycles. The van der Waals surface area contributed by atoms with Crippen LogP contribution in [0.5, 0.6) is 0 Å². The highest BCUT2D eigenvalue weighted by Crippen LogP contribution is 2.46. The highest BCUT2D eigenvalue weighted by molar-refractivity contribution is 6.36. The maximum absolute atomic E-state index is 8.87. The zero-order valence-corrected chi connectivity index (χ0v) is 23.1. The van der Waals surface area contributed by atoms with E-state index in [1.165, 1.54) is 0 Å². The molecule has 0 saturated carbocycles. The second-order valence-corrected chi connectivity index (χ2v) is 11.0. The van der Waals surface area contributed by atoms with Crippen molar-refractivity contribution in [1.82, 2.24) is 14.5 Å².